The van der Waals surface area contributed by atoms with Crippen molar-refractivity contribution >= 4 is 192 Å². The van der Waals surface area contributed by atoms with Crippen molar-refractivity contribution in [3.8, 4) is 47.4 Å². The summed E-state index contributed by atoms with van der Waals surface area (Å²) in [5, 5.41) is 18.7. The van der Waals surface area contributed by atoms with E-state index in [1.54, 1.807) is 63.8 Å². The second-order valence-corrected chi connectivity index (χ2v) is 67.6. The SMILES string of the molecule is Brc1ccccc1C#Cc1cc(Br)c(C#Cc2ccccc2Br)cc1Br.CCO[Si](C)(C)c1ccccc1C#Cc1cc([Si](C)(C)OCC)c(C#Cc2ccccc2[Si](C)(C)OCC)cc1[Si](C)(C)OCC.C[Si]1(C)C2=C(c3ccccc31)[Si](C)(C)c1cc3c(cc12)[Si](C)(C)C1=C3[Si](C)(C)c2ccccc21. The third-order valence-electron chi connectivity index (χ3n) is 21.5. The van der Waals surface area contributed by atoms with E-state index in [0.717, 1.165) is 72.8 Å². The number of rotatable bonds is 12. The Balaban J connectivity index is 0.000000165. The molecule has 542 valence electrons. The number of hydrogen-bond acceptors (Lipinski definition) is 4. The molecule has 13 rings (SSSR count). The lowest BCUT2D eigenvalue weighted by molar-refractivity contribution is 0.338. The molecule has 0 saturated heterocycles. The number of hydrogen-bond donors (Lipinski definition) is 0. The summed E-state index contributed by atoms with van der Waals surface area (Å²) < 4.78 is 29.3. The molecule has 0 aliphatic carbocycles. The van der Waals surface area contributed by atoms with Gasteiger partial charge in [-0.05, 0) is 289 Å². The van der Waals surface area contributed by atoms with Crippen molar-refractivity contribution in [2.45, 2.75) is 132 Å². The first-order valence-electron chi connectivity index (χ1n) is 37.0. The van der Waals surface area contributed by atoms with Gasteiger partial charge in [0.1, 0.15) is 32.3 Å². The molecule has 4 aliphatic rings. The first kappa shape index (κ1) is 81.2. The Hall–Kier alpha value is -5.80. The highest BCUT2D eigenvalue weighted by atomic mass is 79.9. The van der Waals surface area contributed by atoms with Gasteiger partial charge in [-0.15, -0.1) is 0 Å². The summed E-state index contributed by atoms with van der Waals surface area (Å²) in [6, 6.07) is 65.5. The number of benzene rings is 9. The minimum absolute atomic E-state index is 0.648. The van der Waals surface area contributed by atoms with Crippen LogP contribution in [-0.4, -0.2) is 92.0 Å². The van der Waals surface area contributed by atoms with Crippen molar-refractivity contribution in [1.29, 1.82) is 0 Å². The molecule has 106 heavy (non-hydrogen) atoms. The maximum atomic E-state index is 6.48. The average molecular weight is 1790 g/mol. The van der Waals surface area contributed by atoms with Crippen LogP contribution in [0.3, 0.4) is 0 Å². The quantitative estimate of drug-likeness (QED) is 0.0902. The average Bonchev–Trinajstić information content (AvgIpc) is 1.50. The second-order valence-electron chi connectivity index (χ2n) is 31.6. The van der Waals surface area contributed by atoms with Gasteiger partial charge in [0.05, 0.1) is 0 Å². The van der Waals surface area contributed by atoms with E-state index in [-0.39, 0.29) is 0 Å². The Labute approximate surface area is 675 Å². The van der Waals surface area contributed by atoms with Gasteiger partial charge < -0.3 is 17.7 Å². The fraction of sp³-hybridized carbons (Fsp3) is 0.267. The smallest absolute Gasteiger partial charge is 0.219 e. The van der Waals surface area contributed by atoms with Crippen LogP contribution in [0.1, 0.15) is 94.5 Å². The zero-order valence-electron chi connectivity index (χ0n) is 65.3. The van der Waals surface area contributed by atoms with E-state index in [1.807, 2.05) is 60.7 Å². The first-order chi connectivity index (χ1) is 50.1. The van der Waals surface area contributed by atoms with Crippen molar-refractivity contribution in [3.63, 3.8) is 0 Å². The van der Waals surface area contributed by atoms with E-state index < -0.39 is 65.6 Å². The Kier molecular flexibility index (Phi) is 24.7. The van der Waals surface area contributed by atoms with Gasteiger partial charge >= 0.3 is 0 Å². The van der Waals surface area contributed by atoms with E-state index >= 15 is 0 Å². The predicted octanol–water partition coefficient (Wildman–Crippen LogP) is 19.2. The lowest BCUT2D eigenvalue weighted by Gasteiger charge is -2.30. The summed E-state index contributed by atoms with van der Waals surface area (Å²) in [5.74, 6) is 27.2. The van der Waals surface area contributed by atoms with Crippen LogP contribution in [0.25, 0.3) is 20.8 Å². The molecule has 4 nitrogen and oxygen atoms in total. The molecule has 0 spiro atoms. The van der Waals surface area contributed by atoms with Crippen molar-refractivity contribution in [3.05, 3.63) is 267 Å². The van der Waals surface area contributed by atoms with Crippen LogP contribution in [0.2, 0.25) is 105 Å². The fourth-order valence-electron chi connectivity index (χ4n) is 16.4. The van der Waals surface area contributed by atoms with Gasteiger partial charge in [0.2, 0.25) is 33.3 Å². The van der Waals surface area contributed by atoms with E-state index in [9.17, 15) is 0 Å². The van der Waals surface area contributed by atoms with Crippen molar-refractivity contribution in [1.82, 2.24) is 0 Å². The lowest BCUT2D eigenvalue weighted by atomic mass is 10.1. The van der Waals surface area contributed by atoms with Gasteiger partial charge in [0.15, 0.2) is 0 Å². The van der Waals surface area contributed by atoms with Crippen LogP contribution in [0.15, 0.2) is 200 Å². The molecule has 0 radical (unpaired) electrons. The molecule has 0 amide bonds. The molecule has 4 aliphatic heterocycles. The number of halogens is 4. The molecule has 0 N–H and O–H groups in total. The topological polar surface area (TPSA) is 36.9 Å². The molecule has 4 heterocycles. The van der Waals surface area contributed by atoms with E-state index in [1.165, 1.54) is 10.4 Å². The summed E-state index contributed by atoms with van der Waals surface area (Å²) >= 11 is 14.2. The van der Waals surface area contributed by atoms with E-state index in [4.69, 9.17) is 17.7 Å². The molecule has 0 aromatic heterocycles. The fourth-order valence-corrected chi connectivity index (χ4v) is 44.2. The van der Waals surface area contributed by atoms with Gasteiger partial charge in [0, 0.05) is 88.8 Å². The van der Waals surface area contributed by atoms with Crippen molar-refractivity contribution in [2.75, 3.05) is 26.4 Å². The minimum Gasteiger partial charge on any atom is -0.413 e. The number of fused-ring (bicyclic) bond motifs is 8. The molecule has 0 atom stereocenters. The highest BCUT2D eigenvalue weighted by Crippen LogP contribution is 2.53. The van der Waals surface area contributed by atoms with Crippen LogP contribution < -0.4 is 41.5 Å². The highest BCUT2D eigenvalue weighted by molar-refractivity contribution is 9.11. The summed E-state index contributed by atoms with van der Waals surface area (Å²) in [7, 11) is -15.8. The van der Waals surface area contributed by atoms with Crippen LogP contribution in [-0.2, 0) is 17.7 Å². The normalized spacial score (nSPS) is 15.0. The van der Waals surface area contributed by atoms with Gasteiger partial charge in [-0.25, -0.2) is 0 Å². The Morgan fingerprint density at radius 1 is 0.255 bits per heavy atom. The molecular formula is C90H98Br4O4Si8. The summed E-state index contributed by atoms with van der Waals surface area (Å²) in [6.07, 6.45) is 0. The molecule has 16 heteroatoms. The second kappa shape index (κ2) is 32.3. The third kappa shape index (κ3) is 16.1. The Bertz CT molecular complexity index is 4980. The van der Waals surface area contributed by atoms with Crippen molar-refractivity contribution in [2.24, 2.45) is 0 Å². The minimum atomic E-state index is -2.34. The van der Waals surface area contributed by atoms with Gasteiger partial charge in [-0.2, -0.15) is 0 Å². The van der Waals surface area contributed by atoms with Crippen LogP contribution in [0.4, 0.5) is 0 Å². The maximum Gasteiger partial charge on any atom is 0.219 e. The van der Waals surface area contributed by atoms with Gasteiger partial charge in [-0.3, -0.25) is 0 Å². The molecule has 0 bridgehead atoms. The van der Waals surface area contributed by atoms with E-state index in [0.29, 0.717) is 26.4 Å². The monoisotopic (exact) mass is 1780 g/mol. The maximum absolute atomic E-state index is 6.48. The summed E-state index contributed by atoms with van der Waals surface area (Å²) in [4.78, 5) is 0. The summed E-state index contributed by atoms with van der Waals surface area (Å²) in [5.41, 5.74) is 14.3. The Morgan fingerprint density at radius 2 is 0.509 bits per heavy atom. The van der Waals surface area contributed by atoms with Gasteiger partial charge in [-0.1, -0.05) is 221 Å². The predicted molar refractivity (Wildman–Crippen MR) is 490 cm³/mol. The third-order valence-corrected chi connectivity index (χ3v) is 49.8. The molecular weight excluding hydrogens is 1690 g/mol. The Morgan fingerprint density at radius 3 is 0.849 bits per heavy atom. The molecule has 0 unspecified atom stereocenters. The van der Waals surface area contributed by atoms with Crippen LogP contribution in [0, 0.1) is 47.4 Å². The lowest BCUT2D eigenvalue weighted by Crippen LogP contribution is -2.51. The van der Waals surface area contributed by atoms with Crippen LogP contribution in [0.5, 0.6) is 0 Å². The molecule has 0 saturated carbocycles. The van der Waals surface area contributed by atoms with Gasteiger partial charge in [0.25, 0.3) is 0 Å². The summed E-state index contributed by atoms with van der Waals surface area (Å²) in [6.45, 7) is 49.9. The zero-order valence-corrected chi connectivity index (χ0v) is 79.6. The van der Waals surface area contributed by atoms with Crippen molar-refractivity contribution < 1.29 is 17.7 Å². The largest absolute Gasteiger partial charge is 0.413 e. The molecule has 9 aromatic rings. The van der Waals surface area contributed by atoms with E-state index in [2.05, 4.69) is 365 Å². The van der Waals surface area contributed by atoms with Crippen LogP contribution >= 0.6 is 63.7 Å². The first-order valence-corrected chi connectivity index (χ1v) is 63.8. The molecule has 0 fully saturated rings. The zero-order chi connectivity index (χ0) is 76.7. The molecule has 9 aromatic carbocycles. The standard InChI is InChI=1S/C38H54O4Si4.C30H34Si4.C22H10Br4/c1-13-39-43(5,6)35-23-19-17-21-31(35)25-27-33-29-38(46(11,12)42-16-4)34(30-37(33)45(9,10)41-15-3)28-26-32-22-18-20-24-36(32)44(7,8)40-14-2;1-31(2)23-15-11-9-13-19(23)27-29(31)21-17-26-22(18-25(21)33(27,5)6)30-28(34(26,7)8)20-14-10-12-16-24(20)32(30,3)4;23-19-7-3-1-5-15(19)9-11-17-13-22(26)18(14-21(17)25)12-10-16-6-2-4-8-20(16)24/h17-24,29-30H,13-16H2,1-12H3;9-18H,1-8H3;1-8,13-14H. The highest BCUT2D eigenvalue weighted by Gasteiger charge is 2.56.